The fourth-order valence-corrected chi connectivity index (χ4v) is 1.29. The van der Waals surface area contributed by atoms with Gasteiger partial charge in [-0.25, -0.2) is 4.68 Å². The molecule has 0 aliphatic rings. The molecule has 0 spiro atoms. The lowest BCUT2D eigenvalue weighted by molar-refractivity contribution is -0.119. The van der Waals surface area contributed by atoms with Gasteiger partial charge in [-0.3, -0.25) is 4.79 Å². The van der Waals surface area contributed by atoms with Crippen molar-refractivity contribution < 1.29 is 14.6 Å². The molecule has 0 saturated heterocycles. The van der Waals surface area contributed by atoms with E-state index in [2.05, 4.69) is 15.6 Å². The van der Waals surface area contributed by atoms with Gasteiger partial charge in [0.05, 0.1) is 38.5 Å². The van der Waals surface area contributed by atoms with Crippen molar-refractivity contribution in [2.24, 2.45) is 5.73 Å². The number of nitrogens with zero attached hydrogens (tertiary/aromatic N) is 3. The first-order valence-electron chi connectivity index (χ1n) is 5.77. The third-order valence-electron chi connectivity index (χ3n) is 2.15. The van der Waals surface area contributed by atoms with Crippen LogP contribution in [0.4, 0.5) is 0 Å². The third-order valence-corrected chi connectivity index (χ3v) is 2.15. The minimum Gasteiger partial charge on any atom is -0.389 e. The number of rotatable bonds is 8. The van der Waals surface area contributed by atoms with Crippen molar-refractivity contribution in [3.8, 4) is 0 Å². The standard InChI is InChI=1S/C10H19N5O3/c1-2-18-7-9(16)6-15-5-8(13-14-15)4-12-10(17)3-11/h5,9,16H,2-4,6-7,11H2,1H3,(H,12,17). The monoisotopic (exact) mass is 257 g/mol. The largest absolute Gasteiger partial charge is 0.389 e. The molecule has 0 saturated carbocycles. The van der Waals surface area contributed by atoms with E-state index < -0.39 is 6.10 Å². The molecule has 1 aromatic heterocycles. The number of aliphatic hydroxyl groups is 1. The topological polar surface area (TPSA) is 115 Å². The molecule has 1 atom stereocenters. The molecular formula is C10H19N5O3. The van der Waals surface area contributed by atoms with Crippen LogP contribution >= 0.6 is 0 Å². The molecule has 8 heteroatoms. The van der Waals surface area contributed by atoms with E-state index in [1.165, 1.54) is 4.68 Å². The molecule has 1 aromatic rings. The quantitative estimate of drug-likeness (QED) is 0.508. The van der Waals surface area contributed by atoms with Crippen molar-refractivity contribution in [3.63, 3.8) is 0 Å². The summed E-state index contributed by atoms with van der Waals surface area (Å²) in [6.07, 6.45) is 1.03. The minimum absolute atomic E-state index is 0.0544. The van der Waals surface area contributed by atoms with Crippen LogP contribution in [0.15, 0.2) is 6.20 Å². The highest BCUT2D eigenvalue weighted by Crippen LogP contribution is 1.96. The second kappa shape index (κ2) is 7.75. The molecule has 0 fully saturated rings. The lowest BCUT2D eigenvalue weighted by Gasteiger charge is -2.09. The Balaban J connectivity index is 2.36. The van der Waals surface area contributed by atoms with E-state index in [4.69, 9.17) is 10.5 Å². The average molecular weight is 257 g/mol. The molecule has 18 heavy (non-hydrogen) atoms. The second-order valence-electron chi connectivity index (χ2n) is 3.73. The second-order valence-corrected chi connectivity index (χ2v) is 3.73. The van der Waals surface area contributed by atoms with E-state index in [0.717, 1.165) is 0 Å². The van der Waals surface area contributed by atoms with Gasteiger partial charge in [0, 0.05) is 6.61 Å². The summed E-state index contributed by atoms with van der Waals surface area (Å²) in [6.45, 7) is 3.21. The molecule has 102 valence electrons. The van der Waals surface area contributed by atoms with Crippen molar-refractivity contribution in [1.29, 1.82) is 0 Å². The maximum absolute atomic E-state index is 10.9. The van der Waals surface area contributed by atoms with Gasteiger partial charge in [-0.2, -0.15) is 0 Å². The molecule has 0 radical (unpaired) electrons. The van der Waals surface area contributed by atoms with Crippen molar-refractivity contribution in [2.75, 3.05) is 19.8 Å². The van der Waals surface area contributed by atoms with E-state index in [1.807, 2.05) is 6.92 Å². The molecule has 0 aromatic carbocycles. The summed E-state index contributed by atoms with van der Waals surface area (Å²) in [5, 5.41) is 19.9. The molecule has 1 heterocycles. The van der Waals surface area contributed by atoms with Crippen LogP contribution in [0, 0.1) is 0 Å². The average Bonchev–Trinajstić information content (AvgIpc) is 2.81. The minimum atomic E-state index is -0.627. The molecule has 1 rings (SSSR count). The number of carbonyl (C=O) groups is 1. The summed E-state index contributed by atoms with van der Waals surface area (Å²) < 4.78 is 6.59. The number of aliphatic hydroxyl groups excluding tert-OH is 1. The van der Waals surface area contributed by atoms with E-state index in [-0.39, 0.29) is 25.6 Å². The first-order valence-corrected chi connectivity index (χ1v) is 5.77. The third kappa shape index (κ3) is 5.21. The maximum atomic E-state index is 10.9. The van der Waals surface area contributed by atoms with Crippen LogP contribution in [-0.4, -0.2) is 51.9 Å². The summed E-state index contributed by atoms with van der Waals surface area (Å²) in [5.74, 6) is -0.249. The summed E-state index contributed by atoms with van der Waals surface area (Å²) in [5.41, 5.74) is 5.77. The number of nitrogens with one attached hydrogen (secondary N) is 1. The smallest absolute Gasteiger partial charge is 0.234 e. The van der Waals surface area contributed by atoms with Gasteiger partial charge in [0.15, 0.2) is 0 Å². The van der Waals surface area contributed by atoms with Gasteiger partial charge in [-0.15, -0.1) is 5.10 Å². The molecule has 8 nitrogen and oxygen atoms in total. The molecule has 0 aliphatic heterocycles. The van der Waals surface area contributed by atoms with Crippen LogP contribution in [0.3, 0.4) is 0 Å². The first kappa shape index (κ1) is 14.6. The predicted molar refractivity (Wildman–Crippen MR) is 63.4 cm³/mol. The number of hydrogen-bond acceptors (Lipinski definition) is 6. The highest BCUT2D eigenvalue weighted by atomic mass is 16.5. The Bertz CT molecular complexity index is 368. The van der Waals surface area contributed by atoms with Crippen LogP contribution in [-0.2, 0) is 22.6 Å². The zero-order chi connectivity index (χ0) is 13.4. The summed E-state index contributed by atoms with van der Waals surface area (Å²) in [4.78, 5) is 10.9. The number of ether oxygens (including phenoxy) is 1. The summed E-state index contributed by atoms with van der Waals surface area (Å²) in [6, 6.07) is 0. The van der Waals surface area contributed by atoms with Crippen LogP contribution in [0.5, 0.6) is 0 Å². The number of aromatic nitrogens is 3. The van der Waals surface area contributed by atoms with Gasteiger partial charge < -0.3 is 20.9 Å². The molecule has 0 aliphatic carbocycles. The molecule has 1 unspecified atom stereocenters. The Morgan fingerprint density at radius 3 is 3.17 bits per heavy atom. The van der Waals surface area contributed by atoms with Crippen LogP contribution in [0.1, 0.15) is 12.6 Å². The van der Waals surface area contributed by atoms with Crippen LogP contribution < -0.4 is 11.1 Å². The zero-order valence-corrected chi connectivity index (χ0v) is 10.4. The van der Waals surface area contributed by atoms with Crippen molar-refractivity contribution in [3.05, 3.63) is 11.9 Å². The van der Waals surface area contributed by atoms with Crippen molar-refractivity contribution >= 4 is 5.91 Å². The Labute approximate surface area is 105 Å². The van der Waals surface area contributed by atoms with Gasteiger partial charge >= 0.3 is 0 Å². The van der Waals surface area contributed by atoms with Gasteiger partial charge in [0.1, 0.15) is 5.69 Å². The van der Waals surface area contributed by atoms with Crippen LogP contribution in [0.2, 0.25) is 0 Å². The molecule has 4 N–H and O–H groups in total. The van der Waals surface area contributed by atoms with E-state index >= 15 is 0 Å². The fraction of sp³-hybridized carbons (Fsp3) is 0.700. The Hall–Kier alpha value is -1.51. The molecular weight excluding hydrogens is 238 g/mol. The molecule has 0 bridgehead atoms. The number of nitrogens with two attached hydrogens (primary N) is 1. The van der Waals surface area contributed by atoms with Gasteiger partial charge in [-0.1, -0.05) is 5.21 Å². The van der Waals surface area contributed by atoms with Gasteiger partial charge in [0.2, 0.25) is 5.91 Å². The number of amides is 1. The summed E-state index contributed by atoms with van der Waals surface area (Å²) >= 11 is 0. The SMILES string of the molecule is CCOCC(O)Cn1cc(CNC(=O)CN)nn1. The zero-order valence-electron chi connectivity index (χ0n) is 10.4. The fourth-order valence-electron chi connectivity index (χ4n) is 1.29. The lowest BCUT2D eigenvalue weighted by atomic mass is 10.4. The summed E-state index contributed by atoms with van der Waals surface area (Å²) in [7, 11) is 0. The highest BCUT2D eigenvalue weighted by molar-refractivity contribution is 5.77. The number of hydrogen-bond donors (Lipinski definition) is 3. The predicted octanol–water partition coefficient (Wildman–Crippen LogP) is -1.75. The number of carbonyl (C=O) groups excluding carboxylic acids is 1. The van der Waals surface area contributed by atoms with Crippen molar-refractivity contribution in [1.82, 2.24) is 20.3 Å². The Morgan fingerprint density at radius 1 is 1.72 bits per heavy atom. The van der Waals surface area contributed by atoms with Crippen molar-refractivity contribution in [2.45, 2.75) is 26.1 Å². The lowest BCUT2D eigenvalue weighted by Crippen LogP contribution is -2.29. The van der Waals surface area contributed by atoms with E-state index in [0.29, 0.717) is 18.8 Å². The Kier molecular flexibility index (Phi) is 6.26. The first-order chi connectivity index (χ1) is 8.65. The van der Waals surface area contributed by atoms with E-state index in [9.17, 15) is 9.90 Å². The van der Waals surface area contributed by atoms with Crippen LogP contribution in [0.25, 0.3) is 0 Å². The normalized spacial score (nSPS) is 12.4. The van der Waals surface area contributed by atoms with Gasteiger partial charge in [0.25, 0.3) is 0 Å². The maximum Gasteiger partial charge on any atom is 0.234 e. The molecule has 1 amide bonds. The van der Waals surface area contributed by atoms with Gasteiger partial charge in [-0.05, 0) is 6.92 Å². The highest BCUT2D eigenvalue weighted by Gasteiger charge is 2.08. The Morgan fingerprint density at radius 2 is 2.50 bits per heavy atom. The van der Waals surface area contributed by atoms with E-state index in [1.54, 1.807) is 6.20 Å².